The van der Waals surface area contributed by atoms with Gasteiger partial charge in [-0.05, 0) is 61.9 Å². The molecule has 0 radical (unpaired) electrons. The number of fused-ring (bicyclic) bond motifs is 1. The molecule has 1 aliphatic heterocycles. The molecule has 1 saturated heterocycles. The van der Waals surface area contributed by atoms with Crippen LogP contribution in [-0.4, -0.2) is 71.7 Å². The van der Waals surface area contributed by atoms with E-state index in [1.165, 1.54) is 19.3 Å². The summed E-state index contributed by atoms with van der Waals surface area (Å²) in [5.41, 5.74) is 2.56. The zero-order chi connectivity index (χ0) is 27.5. The number of hydrogen-bond donors (Lipinski definition) is 0. The minimum absolute atomic E-state index is 0.000861. The van der Waals surface area contributed by atoms with E-state index in [9.17, 15) is 9.59 Å². The SMILES string of the molecule is COc1ccc(N2CC[C@H](C)N(Cc3ccnc4c3ccn4CC(=O)N(C)C)C2=O)cc1OCCCC1CC1. The smallest absolute Gasteiger partial charge is 0.325 e. The molecule has 2 aliphatic rings. The molecule has 0 spiro atoms. The van der Waals surface area contributed by atoms with Crippen molar-refractivity contribution in [3.63, 3.8) is 0 Å². The van der Waals surface area contributed by atoms with E-state index in [4.69, 9.17) is 9.47 Å². The topological polar surface area (TPSA) is 80.1 Å². The van der Waals surface area contributed by atoms with Gasteiger partial charge in [-0.15, -0.1) is 0 Å². The van der Waals surface area contributed by atoms with Gasteiger partial charge >= 0.3 is 6.03 Å². The Morgan fingerprint density at radius 1 is 1.13 bits per heavy atom. The van der Waals surface area contributed by atoms with Gasteiger partial charge in [-0.1, -0.05) is 12.8 Å². The summed E-state index contributed by atoms with van der Waals surface area (Å²) in [5.74, 6) is 2.23. The van der Waals surface area contributed by atoms with E-state index in [1.54, 1.807) is 32.3 Å². The van der Waals surface area contributed by atoms with Crippen LogP contribution in [0.3, 0.4) is 0 Å². The van der Waals surface area contributed by atoms with Gasteiger partial charge < -0.3 is 23.8 Å². The van der Waals surface area contributed by atoms with Crippen molar-refractivity contribution in [2.75, 3.05) is 39.3 Å². The van der Waals surface area contributed by atoms with Crippen molar-refractivity contribution in [3.8, 4) is 11.5 Å². The number of carbonyl (C=O) groups is 2. The number of pyridine rings is 1. The summed E-state index contributed by atoms with van der Waals surface area (Å²) in [4.78, 5) is 35.9. The molecular formula is C30H39N5O4. The normalized spacial score (nSPS) is 17.5. The lowest BCUT2D eigenvalue weighted by atomic mass is 10.1. The van der Waals surface area contributed by atoms with Crippen molar-refractivity contribution >= 4 is 28.7 Å². The van der Waals surface area contributed by atoms with Gasteiger partial charge in [-0.3, -0.25) is 9.69 Å². The molecule has 9 nitrogen and oxygen atoms in total. The molecule has 0 bridgehead atoms. The third-order valence-electron chi connectivity index (χ3n) is 7.85. The zero-order valence-electron chi connectivity index (χ0n) is 23.4. The van der Waals surface area contributed by atoms with E-state index in [0.717, 1.165) is 41.0 Å². The molecule has 5 rings (SSSR count). The van der Waals surface area contributed by atoms with Crippen LogP contribution in [0.15, 0.2) is 42.7 Å². The van der Waals surface area contributed by atoms with Crippen LogP contribution in [0, 0.1) is 5.92 Å². The lowest BCUT2D eigenvalue weighted by Gasteiger charge is -2.40. The van der Waals surface area contributed by atoms with Crippen molar-refractivity contribution in [3.05, 3.63) is 48.3 Å². The van der Waals surface area contributed by atoms with Gasteiger partial charge in [0.25, 0.3) is 0 Å². The molecule has 1 atom stereocenters. The summed E-state index contributed by atoms with van der Waals surface area (Å²) in [6.45, 7) is 4.06. The number of urea groups is 1. The van der Waals surface area contributed by atoms with Crippen LogP contribution >= 0.6 is 0 Å². The Kier molecular flexibility index (Phi) is 7.95. The van der Waals surface area contributed by atoms with Gasteiger partial charge in [0, 0.05) is 62.8 Å². The third kappa shape index (κ3) is 5.97. The van der Waals surface area contributed by atoms with E-state index in [1.807, 2.05) is 50.9 Å². The minimum Gasteiger partial charge on any atom is -0.493 e. The van der Waals surface area contributed by atoms with Crippen LogP contribution in [-0.2, 0) is 17.9 Å². The van der Waals surface area contributed by atoms with Crippen LogP contribution < -0.4 is 14.4 Å². The first-order valence-corrected chi connectivity index (χ1v) is 13.9. The van der Waals surface area contributed by atoms with Crippen molar-refractivity contribution in [2.24, 2.45) is 5.92 Å². The fourth-order valence-corrected chi connectivity index (χ4v) is 5.16. The van der Waals surface area contributed by atoms with E-state index in [0.29, 0.717) is 31.2 Å². The summed E-state index contributed by atoms with van der Waals surface area (Å²) in [5, 5.41) is 0.951. The molecule has 9 heteroatoms. The van der Waals surface area contributed by atoms with E-state index in [2.05, 4.69) is 11.9 Å². The second-order valence-electron chi connectivity index (χ2n) is 10.9. The van der Waals surface area contributed by atoms with Crippen LogP contribution in [0.2, 0.25) is 0 Å². The van der Waals surface area contributed by atoms with E-state index < -0.39 is 0 Å². The molecule has 208 valence electrons. The van der Waals surface area contributed by atoms with Crippen LogP contribution in [0.4, 0.5) is 10.5 Å². The summed E-state index contributed by atoms with van der Waals surface area (Å²) in [7, 11) is 5.13. The lowest BCUT2D eigenvalue weighted by molar-refractivity contribution is -0.129. The Morgan fingerprint density at radius 2 is 1.95 bits per heavy atom. The van der Waals surface area contributed by atoms with Crippen molar-refractivity contribution in [2.45, 2.75) is 58.2 Å². The monoisotopic (exact) mass is 533 g/mol. The zero-order valence-corrected chi connectivity index (χ0v) is 23.4. The molecule has 1 saturated carbocycles. The fraction of sp³-hybridized carbons (Fsp3) is 0.500. The van der Waals surface area contributed by atoms with Gasteiger partial charge in [-0.2, -0.15) is 0 Å². The molecule has 2 aromatic heterocycles. The molecule has 3 aromatic rings. The second kappa shape index (κ2) is 11.6. The van der Waals surface area contributed by atoms with Gasteiger partial charge in [0.15, 0.2) is 11.5 Å². The number of ether oxygens (including phenoxy) is 2. The predicted octanol–water partition coefficient (Wildman–Crippen LogP) is 4.92. The first-order valence-electron chi connectivity index (χ1n) is 13.9. The van der Waals surface area contributed by atoms with Crippen molar-refractivity contribution < 1.29 is 19.1 Å². The number of rotatable bonds is 11. The molecule has 39 heavy (non-hydrogen) atoms. The molecule has 0 unspecified atom stereocenters. The Hall–Kier alpha value is -3.75. The minimum atomic E-state index is -0.0363. The number of methoxy groups -OCH3 is 1. The van der Waals surface area contributed by atoms with Crippen molar-refractivity contribution in [1.82, 2.24) is 19.4 Å². The number of carbonyl (C=O) groups excluding carboxylic acids is 2. The average molecular weight is 534 g/mol. The van der Waals surface area contributed by atoms with Gasteiger partial charge in [0.1, 0.15) is 12.2 Å². The summed E-state index contributed by atoms with van der Waals surface area (Å²) >= 11 is 0. The predicted molar refractivity (Wildman–Crippen MR) is 151 cm³/mol. The van der Waals surface area contributed by atoms with Crippen LogP contribution in [0.25, 0.3) is 11.0 Å². The molecular weight excluding hydrogens is 494 g/mol. The lowest BCUT2D eigenvalue weighted by Crippen LogP contribution is -2.53. The van der Waals surface area contributed by atoms with E-state index in [-0.39, 0.29) is 24.5 Å². The molecule has 1 aliphatic carbocycles. The maximum Gasteiger partial charge on any atom is 0.325 e. The highest BCUT2D eigenvalue weighted by molar-refractivity contribution is 5.94. The highest BCUT2D eigenvalue weighted by atomic mass is 16.5. The fourth-order valence-electron chi connectivity index (χ4n) is 5.16. The van der Waals surface area contributed by atoms with Gasteiger partial charge in [-0.25, -0.2) is 9.78 Å². The van der Waals surface area contributed by atoms with Gasteiger partial charge in [0.2, 0.25) is 5.91 Å². The van der Waals surface area contributed by atoms with Crippen LogP contribution in [0.5, 0.6) is 11.5 Å². The van der Waals surface area contributed by atoms with Crippen molar-refractivity contribution in [1.29, 1.82) is 0 Å². The molecule has 1 aromatic carbocycles. The summed E-state index contributed by atoms with van der Waals surface area (Å²) < 4.78 is 13.5. The summed E-state index contributed by atoms with van der Waals surface area (Å²) in [6.07, 6.45) is 9.41. The first kappa shape index (κ1) is 26.8. The maximum absolute atomic E-state index is 13.8. The quantitative estimate of drug-likeness (QED) is 0.327. The standard InChI is InChI=1S/C30H39N5O4/c1-21-12-16-34(24-9-10-26(38-4)27(18-24)39-17-5-6-22-7-8-22)30(37)35(21)19-23-11-14-31-29-25(23)13-15-33(29)20-28(36)32(2)3/h9-11,13-15,18,21-22H,5-8,12,16-17,19-20H2,1-4H3/t21-/m0/s1. The number of amides is 3. The van der Waals surface area contributed by atoms with Crippen LogP contribution in [0.1, 0.15) is 44.6 Å². The Labute approximate surface area is 230 Å². The molecule has 0 N–H and O–H groups in total. The highest BCUT2D eigenvalue weighted by Gasteiger charge is 2.32. The van der Waals surface area contributed by atoms with E-state index >= 15 is 0 Å². The third-order valence-corrected chi connectivity index (χ3v) is 7.85. The Bertz CT molecular complexity index is 1330. The Balaban J connectivity index is 1.33. The highest BCUT2D eigenvalue weighted by Crippen LogP contribution is 2.36. The number of hydrogen-bond acceptors (Lipinski definition) is 5. The molecule has 3 amide bonds. The largest absolute Gasteiger partial charge is 0.493 e. The average Bonchev–Trinajstić information content (AvgIpc) is 3.67. The Morgan fingerprint density at radius 3 is 2.69 bits per heavy atom. The molecule has 3 heterocycles. The van der Waals surface area contributed by atoms with Gasteiger partial charge in [0.05, 0.1) is 13.7 Å². The number of likely N-dealkylation sites (N-methyl/N-ethyl adjacent to an activating group) is 1. The summed E-state index contributed by atoms with van der Waals surface area (Å²) in [6, 6.07) is 9.72. The first-order chi connectivity index (χ1) is 18.9. The number of nitrogens with zero attached hydrogens (tertiary/aromatic N) is 5. The number of benzene rings is 1. The maximum atomic E-state index is 13.8. The second-order valence-corrected chi connectivity index (χ2v) is 10.9. The molecule has 2 fully saturated rings. The number of anilines is 1. The number of aromatic nitrogens is 2.